The zero-order chi connectivity index (χ0) is 13.7. The Morgan fingerprint density at radius 3 is 3.11 bits per heavy atom. The van der Waals surface area contributed by atoms with Crippen LogP contribution in [0.15, 0.2) is 18.2 Å². The Hall–Kier alpha value is -1.26. The molecule has 1 heterocycles. The molecule has 1 aliphatic rings. The van der Waals surface area contributed by atoms with Crippen LogP contribution in [0, 0.1) is 12.8 Å². The van der Waals surface area contributed by atoms with Gasteiger partial charge >= 0.3 is 6.03 Å². The highest BCUT2D eigenvalue weighted by Crippen LogP contribution is 2.22. The summed E-state index contributed by atoms with van der Waals surface area (Å²) in [6.07, 6.45) is 2.34. The summed E-state index contributed by atoms with van der Waals surface area (Å²) in [7, 11) is 0. The first kappa shape index (κ1) is 14.2. The highest BCUT2D eigenvalue weighted by molar-refractivity contribution is 6.33. The van der Waals surface area contributed by atoms with Crippen LogP contribution in [0.3, 0.4) is 0 Å². The summed E-state index contributed by atoms with van der Waals surface area (Å²) in [5, 5.41) is 9.57. The van der Waals surface area contributed by atoms with Crippen LogP contribution in [-0.4, -0.2) is 25.7 Å². The number of carbonyl (C=O) groups excluding carboxylic acids is 1. The Balaban J connectivity index is 1.81. The van der Waals surface area contributed by atoms with Crippen molar-refractivity contribution in [1.82, 2.24) is 10.6 Å². The van der Waals surface area contributed by atoms with Gasteiger partial charge in [-0.05, 0) is 56.5 Å². The first-order valence-corrected chi connectivity index (χ1v) is 7.04. The van der Waals surface area contributed by atoms with Gasteiger partial charge in [0.15, 0.2) is 0 Å². The van der Waals surface area contributed by atoms with Crippen LogP contribution in [0.2, 0.25) is 5.02 Å². The molecule has 2 rings (SSSR count). The van der Waals surface area contributed by atoms with Gasteiger partial charge in [-0.15, -0.1) is 0 Å². The van der Waals surface area contributed by atoms with E-state index in [1.54, 1.807) is 6.07 Å². The van der Waals surface area contributed by atoms with Crippen LogP contribution in [0.1, 0.15) is 18.4 Å². The van der Waals surface area contributed by atoms with E-state index in [1.165, 1.54) is 12.8 Å². The van der Waals surface area contributed by atoms with Crippen molar-refractivity contribution in [2.75, 3.05) is 25.0 Å². The second kappa shape index (κ2) is 6.78. The molecular formula is C14H20ClN3O. The largest absolute Gasteiger partial charge is 0.338 e. The Morgan fingerprint density at radius 2 is 2.37 bits per heavy atom. The molecule has 1 aromatic carbocycles. The van der Waals surface area contributed by atoms with Crippen LogP contribution >= 0.6 is 11.6 Å². The normalized spacial score (nSPS) is 18.9. The third-order valence-corrected chi connectivity index (χ3v) is 3.65. The van der Waals surface area contributed by atoms with Crippen molar-refractivity contribution in [3.63, 3.8) is 0 Å². The van der Waals surface area contributed by atoms with Crippen LogP contribution in [-0.2, 0) is 0 Å². The monoisotopic (exact) mass is 281 g/mol. The van der Waals surface area contributed by atoms with Crippen molar-refractivity contribution >= 4 is 23.3 Å². The zero-order valence-corrected chi connectivity index (χ0v) is 11.9. The van der Waals surface area contributed by atoms with Crippen molar-refractivity contribution in [2.45, 2.75) is 19.8 Å². The van der Waals surface area contributed by atoms with Gasteiger partial charge < -0.3 is 16.0 Å². The molecule has 1 fully saturated rings. The lowest BCUT2D eigenvalue weighted by atomic mass is 10.00. The van der Waals surface area contributed by atoms with Gasteiger partial charge in [-0.3, -0.25) is 0 Å². The summed E-state index contributed by atoms with van der Waals surface area (Å²) in [4.78, 5) is 11.8. The maximum absolute atomic E-state index is 11.8. The number of urea groups is 1. The molecule has 0 radical (unpaired) electrons. The molecule has 1 aliphatic heterocycles. The zero-order valence-electron chi connectivity index (χ0n) is 11.1. The van der Waals surface area contributed by atoms with Crippen LogP contribution in [0.4, 0.5) is 10.5 Å². The Labute approximate surface area is 118 Å². The molecule has 104 valence electrons. The molecule has 1 atom stereocenters. The van der Waals surface area contributed by atoms with E-state index >= 15 is 0 Å². The Bertz CT molecular complexity index is 444. The van der Waals surface area contributed by atoms with Crippen LogP contribution < -0.4 is 16.0 Å². The minimum Gasteiger partial charge on any atom is -0.338 e. The van der Waals surface area contributed by atoms with Gasteiger partial charge in [0.25, 0.3) is 0 Å². The minimum atomic E-state index is -0.196. The molecule has 0 bridgehead atoms. The summed E-state index contributed by atoms with van der Waals surface area (Å²) in [5.74, 6) is 0.521. The highest BCUT2D eigenvalue weighted by Gasteiger charge is 2.14. The van der Waals surface area contributed by atoms with Crippen molar-refractivity contribution in [1.29, 1.82) is 0 Å². The average molecular weight is 282 g/mol. The number of halogens is 1. The quantitative estimate of drug-likeness (QED) is 0.798. The molecule has 4 nitrogen and oxygen atoms in total. The molecule has 1 aromatic rings. The first-order valence-electron chi connectivity index (χ1n) is 6.67. The number of amides is 2. The maximum atomic E-state index is 11.8. The summed E-state index contributed by atoms with van der Waals surface area (Å²) >= 11 is 6.04. The third-order valence-electron chi connectivity index (χ3n) is 3.32. The summed E-state index contributed by atoms with van der Waals surface area (Å²) < 4.78 is 0. The first-order chi connectivity index (χ1) is 9.15. The number of hydrogen-bond acceptors (Lipinski definition) is 2. The van der Waals surface area contributed by atoms with Gasteiger partial charge in [0, 0.05) is 6.54 Å². The Kier molecular flexibility index (Phi) is 5.05. The highest BCUT2D eigenvalue weighted by atomic mass is 35.5. The van der Waals surface area contributed by atoms with Crippen molar-refractivity contribution in [3.8, 4) is 0 Å². The molecule has 19 heavy (non-hydrogen) atoms. The lowest BCUT2D eigenvalue weighted by molar-refractivity contribution is 0.248. The molecule has 0 aromatic heterocycles. The molecule has 2 amide bonds. The van der Waals surface area contributed by atoms with E-state index in [2.05, 4.69) is 16.0 Å². The second-order valence-corrected chi connectivity index (χ2v) is 5.44. The lowest BCUT2D eigenvalue weighted by Crippen LogP contribution is -2.39. The van der Waals surface area contributed by atoms with E-state index in [4.69, 9.17) is 11.6 Å². The van der Waals surface area contributed by atoms with Gasteiger partial charge in [-0.25, -0.2) is 4.79 Å². The summed E-state index contributed by atoms with van der Waals surface area (Å²) in [6.45, 7) is 4.72. The van der Waals surface area contributed by atoms with Crippen molar-refractivity contribution in [2.24, 2.45) is 5.92 Å². The van der Waals surface area contributed by atoms with Crippen molar-refractivity contribution in [3.05, 3.63) is 28.8 Å². The van der Waals surface area contributed by atoms with E-state index in [0.717, 1.165) is 18.7 Å². The molecule has 0 saturated carbocycles. The predicted octanol–water partition coefficient (Wildman–Crippen LogP) is 2.77. The summed E-state index contributed by atoms with van der Waals surface area (Å²) in [5.41, 5.74) is 1.72. The average Bonchev–Trinajstić information content (AvgIpc) is 2.42. The van der Waals surface area contributed by atoms with Gasteiger partial charge in [0.2, 0.25) is 0 Å². The van der Waals surface area contributed by atoms with Crippen molar-refractivity contribution < 1.29 is 4.79 Å². The number of benzene rings is 1. The summed E-state index contributed by atoms with van der Waals surface area (Å²) in [6, 6.07) is 5.37. The number of aryl methyl sites for hydroxylation is 1. The van der Waals surface area contributed by atoms with Crippen LogP contribution in [0.5, 0.6) is 0 Å². The fourth-order valence-electron chi connectivity index (χ4n) is 2.24. The number of anilines is 1. The SMILES string of the molecule is Cc1ccc(Cl)c(NC(=O)NC[C@H]2CCCNC2)c1. The second-order valence-electron chi connectivity index (χ2n) is 5.03. The maximum Gasteiger partial charge on any atom is 0.319 e. The van der Waals surface area contributed by atoms with E-state index < -0.39 is 0 Å². The van der Waals surface area contributed by atoms with E-state index in [0.29, 0.717) is 23.2 Å². The fraction of sp³-hybridized carbons (Fsp3) is 0.500. The Morgan fingerprint density at radius 1 is 1.53 bits per heavy atom. The number of carbonyl (C=O) groups is 1. The molecule has 0 spiro atoms. The number of hydrogen-bond donors (Lipinski definition) is 3. The van der Waals surface area contributed by atoms with Gasteiger partial charge in [-0.1, -0.05) is 17.7 Å². The van der Waals surface area contributed by atoms with Crippen LogP contribution in [0.25, 0.3) is 0 Å². The predicted molar refractivity (Wildman–Crippen MR) is 78.8 cm³/mol. The molecule has 3 N–H and O–H groups in total. The number of nitrogens with one attached hydrogen (secondary N) is 3. The molecule has 0 unspecified atom stereocenters. The molecule has 5 heteroatoms. The van der Waals surface area contributed by atoms with E-state index in [1.807, 2.05) is 19.1 Å². The van der Waals surface area contributed by atoms with E-state index in [-0.39, 0.29) is 6.03 Å². The lowest BCUT2D eigenvalue weighted by Gasteiger charge is -2.23. The molecular weight excluding hydrogens is 262 g/mol. The fourth-order valence-corrected chi connectivity index (χ4v) is 2.40. The van der Waals surface area contributed by atoms with E-state index in [9.17, 15) is 4.79 Å². The standard InChI is InChI=1S/C14H20ClN3O/c1-10-4-5-12(15)13(7-10)18-14(19)17-9-11-3-2-6-16-8-11/h4-5,7,11,16H,2-3,6,8-9H2,1H3,(H2,17,18,19)/t11-/m0/s1. The van der Waals surface area contributed by atoms with Gasteiger partial charge in [0.1, 0.15) is 0 Å². The molecule has 1 saturated heterocycles. The molecule has 0 aliphatic carbocycles. The minimum absolute atomic E-state index is 0.196. The third kappa shape index (κ3) is 4.40. The number of rotatable bonds is 3. The van der Waals surface area contributed by atoms with Gasteiger partial charge in [0.05, 0.1) is 10.7 Å². The number of piperidine rings is 1. The topological polar surface area (TPSA) is 53.2 Å². The van der Waals surface area contributed by atoms with Gasteiger partial charge in [-0.2, -0.15) is 0 Å². The smallest absolute Gasteiger partial charge is 0.319 e.